The van der Waals surface area contributed by atoms with Crippen molar-refractivity contribution >= 4 is 17.5 Å². The van der Waals surface area contributed by atoms with Crippen LogP contribution in [-0.2, 0) is 11.2 Å². The normalized spacial score (nSPS) is 12.3. The molecule has 0 radical (unpaired) electrons. The summed E-state index contributed by atoms with van der Waals surface area (Å²) in [6.45, 7) is 6.23. The highest BCUT2D eigenvalue weighted by Crippen LogP contribution is 2.28. The molecular weight excluding hydrogens is 288 g/mol. The summed E-state index contributed by atoms with van der Waals surface area (Å²) in [5, 5.41) is 3.49. The number of hydrogen-bond donors (Lipinski definition) is 2. The Morgan fingerprint density at radius 1 is 1.43 bits per heavy atom. The van der Waals surface area contributed by atoms with Gasteiger partial charge in [0.15, 0.2) is 0 Å². The number of carbonyl (C=O) groups is 1. The molecule has 0 aliphatic rings. The first-order chi connectivity index (χ1) is 9.93. The second-order valence-corrected chi connectivity index (χ2v) is 5.82. The molecule has 1 amide bonds. The fourth-order valence-corrected chi connectivity index (χ4v) is 2.17. The molecule has 3 N–H and O–H groups in total. The molecule has 0 heterocycles. The molecule has 1 aromatic carbocycles. The third-order valence-corrected chi connectivity index (χ3v) is 3.46. The summed E-state index contributed by atoms with van der Waals surface area (Å²) in [6.07, 6.45) is 1.87. The summed E-state index contributed by atoms with van der Waals surface area (Å²) in [5.74, 6) is 0.697. The highest BCUT2D eigenvalue weighted by atomic mass is 35.5. The molecular formula is C16H25ClN2O2. The summed E-state index contributed by atoms with van der Waals surface area (Å²) in [6, 6.07) is 5.73. The number of amides is 1. The Labute approximate surface area is 132 Å². The zero-order valence-electron chi connectivity index (χ0n) is 13.0. The van der Waals surface area contributed by atoms with Gasteiger partial charge in [0.05, 0.1) is 13.0 Å². The lowest BCUT2D eigenvalue weighted by atomic mass is 10.0. The van der Waals surface area contributed by atoms with Gasteiger partial charge in [0.2, 0.25) is 5.91 Å². The van der Waals surface area contributed by atoms with Crippen molar-refractivity contribution in [3.8, 4) is 5.75 Å². The average molecular weight is 313 g/mol. The SMILES string of the molecule is CCC(N)Cc1c(Cl)cccc1OCCC(=O)NC(C)C. The van der Waals surface area contributed by atoms with Crippen LogP contribution in [0.2, 0.25) is 5.02 Å². The highest BCUT2D eigenvalue weighted by molar-refractivity contribution is 6.31. The maximum atomic E-state index is 11.6. The lowest BCUT2D eigenvalue weighted by Crippen LogP contribution is -2.31. The predicted octanol–water partition coefficient (Wildman–Crippen LogP) is 2.91. The summed E-state index contributed by atoms with van der Waals surface area (Å²) >= 11 is 6.23. The van der Waals surface area contributed by atoms with Gasteiger partial charge >= 0.3 is 0 Å². The quantitative estimate of drug-likeness (QED) is 0.775. The van der Waals surface area contributed by atoms with Gasteiger partial charge in [-0.05, 0) is 38.8 Å². The van der Waals surface area contributed by atoms with E-state index in [1.165, 1.54) is 0 Å². The molecule has 0 aliphatic heterocycles. The van der Waals surface area contributed by atoms with Crippen molar-refractivity contribution in [2.75, 3.05) is 6.61 Å². The molecule has 1 unspecified atom stereocenters. The summed E-state index contributed by atoms with van der Waals surface area (Å²) in [7, 11) is 0. The number of carbonyl (C=O) groups excluding carboxylic acids is 1. The van der Waals surface area contributed by atoms with Crippen LogP contribution in [0.4, 0.5) is 0 Å². The van der Waals surface area contributed by atoms with E-state index < -0.39 is 0 Å². The number of hydrogen-bond acceptors (Lipinski definition) is 3. The Balaban J connectivity index is 2.62. The van der Waals surface area contributed by atoms with Crippen LogP contribution < -0.4 is 15.8 Å². The zero-order chi connectivity index (χ0) is 15.8. The fourth-order valence-electron chi connectivity index (χ4n) is 1.93. The number of benzene rings is 1. The van der Waals surface area contributed by atoms with E-state index in [4.69, 9.17) is 22.1 Å². The topological polar surface area (TPSA) is 64.3 Å². The van der Waals surface area contributed by atoms with Gasteiger partial charge in [0.1, 0.15) is 5.75 Å². The van der Waals surface area contributed by atoms with E-state index in [-0.39, 0.29) is 18.0 Å². The summed E-state index contributed by atoms with van der Waals surface area (Å²) < 4.78 is 5.71. The largest absolute Gasteiger partial charge is 0.493 e. The van der Waals surface area contributed by atoms with Gasteiger partial charge in [-0.3, -0.25) is 4.79 Å². The Morgan fingerprint density at radius 2 is 2.14 bits per heavy atom. The van der Waals surface area contributed by atoms with E-state index in [2.05, 4.69) is 5.32 Å². The van der Waals surface area contributed by atoms with Crippen LogP contribution in [0, 0.1) is 0 Å². The number of nitrogens with two attached hydrogens (primary N) is 1. The van der Waals surface area contributed by atoms with E-state index in [9.17, 15) is 4.79 Å². The maximum Gasteiger partial charge on any atom is 0.223 e. The smallest absolute Gasteiger partial charge is 0.223 e. The van der Waals surface area contributed by atoms with Crippen LogP contribution in [-0.4, -0.2) is 24.6 Å². The molecule has 118 valence electrons. The number of nitrogens with one attached hydrogen (secondary N) is 1. The summed E-state index contributed by atoms with van der Waals surface area (Å²) in [5.41, 5.74) is 6.91. The fraction of sp³-hybridized carbons (Fsp3) is 0.562. The lowest BCUT2D eigenvalue weighted by molar-refractivity contribution is -0.122. The molecule has 1 aromatic rings. The molecule has 0 spiro atoms. The first-order valence-electron chi connectivity index (χ1n) is 7.39. The average Bonchev–Trinajstić information content (AvgIpc) is 2.41. The Bertz CT molecular complexity index is 464. The molecule has 0 saturated heterocycles. The van der Waals surface area contributed by atoms with Gasteiger partial charge in [-0.15, -0.1) is 0 Å². The molecule has 0 bridgehead atoms. The summed E-state index contributed by atoms with van der Waals surface area (Å²) in [4.78, 5) is 11.6. The molecule has 1 atom stereocenters. The highest BCUT2D eigenvalue weighted by Gasteiger charge is 2.12. The maximum absolute atomic E-state index is 11.6. The molecule has 5 heteroatoms. The minimum atomic E-state index is -0.0150. The van der Waals surface area contributed by atoms with Crippen LogP contribution in [0.3, 0.4) is 0 Å². The van der Waals surface area contributed by atoms with Gasteiger partial charge in [0.25, 0.3) is 0 Å². The third-order valence-electron chi connectivity index (χ3n) is 3.10. The molecule has 0 fully saturated rings. The van der Waals surface area contributed by atoms with Crippen LogP contribution >= 0.6 is 11.6 Å². The van der Waals surface area contributed by atoms with E-state index in [1.54, 1.807) is 0 Å². The van der Waals surface area contributed by atoms with Crippen molar-refractivity contribution < 1.29 is 9.53 Å². The van der Waals surface area contributed by atoms with Gasteiger partial charge in [0, 0.05) is 22.7 Å². The van der Waals surface area contributed by atoms with Crippen LogP contribution in [0.5, 0.6) is 5.75 Å². The second-order valence-electron chi connectivity index (χ2n) is 5.41. The molecule has 0 saturated carbocycles. The molecule has 1 rings (SSSR count). The molecule has 21 heavy (non-hydrogen) atoms. The lowest BCUT2D eigenvalue weighted by Gasteiger charge is -2.16. The zero-order valence-corrected chi connectivity index (χ0v) is 13.7. The molecule has 4 nitrogen and oxygen atoms in total. The first kappa shape index (κ1) is 17.8. The standard InChI is InChI=1S/C16H25ClN2O2/c1-4-12(18)10-13-14(17)6-5-7-15(13)21-9-8-16(20)19-11(2)3/h5-7,11-12H,4,8-10,18H2,1-3H3,(H,19,20). The minimum Gasteiger partial charge on any atom is -0.493 e. The number of halogens is 1. The van der Waals surface area contributed by atoms with Crippen molar-refractivity contribution in [1.82, 2.24) is 5.32 Å². The van der Waals surface area contributed by atoms with E-state index >= 15 is 0 Å². The predicted molar refractivity (Wildman–Crippen MR) is 86.8 cm³/mol. The Morgan fingerprint density at radius 3 is 2.76 bits per heavy atom. The van der Waals surface area contributed by atoms with E-state index in [0.29, 0.717) is 30.2 Å². The Kier molecular flexibility index (Phi) is 7.54. The first-order valence-corrected chi connectivity index (χ1v) is 7.77. The Hall–Kier alpha value is -1.26. The van der Waals surface area contributed by atoms with Crippen molar-refractivity contribution in [2.45, 2.75) is 52.1 Å². The van der Waals surface area contributed by atoms with Gasteiger partial charge in [-0.1, -0.05) is 24.6 Å². The number of ether oxygens (including phenoxy) is 1. The monoisotopic (exact) mass is 312 g/mol. The third kappa shape index (κ3) is 6.36. The molecule has 0 aliphatic carbocycles. The van der Waals surface area contributed by atoms with Crippen molar-refractivity contribution in [1.29, 1.82) is 0 Å². The van der Waals surface area contributed by atoms with Crippen molar-refractivity contribution in [3.63, 3.8) is 0 Å². The van der Waals surface area contributed by atoms with Crippen LogP contribution in [0.25, 0.3) is 0 Å². The van der Waals surface area contributed by atoms with Crippen molar-refractivity contribution in [2.24, 2.45) is 5.73 Å². The van der Waals surface area contributed by atoms with E-state index in [0.717, 1.165) is 12.0 Å². The minimum absolute atomic E-state index is 0.0150. The number of rotatable bonds is 8. The molecule has 0 aromatic heterocycles. The van der Waals surface area contributed by atoms with E-state index in [1.807, 2.05) is 39.0 Å². The van der Waals surface area contributed by atoms with Crippen molar-refractivity contribution in [3.05, 3.63) is 28.8 Å². The van der Waals surface area contributed by atoms with Gasteiger partial charge < -0.3 is 15.8 Å². The van der Waals surface area contributed by atoms with Crippen LogP contribution in [0.1, 0.15) is 39.2 Å². The van der Waals surface area contributed by atoms with Crippen LogP contribution in [0.15, 0.2) is 18.2 Å². The van der Waals surface area contributed by atoms with Gasteiger partial charge in [-0.2, -0.15) is 0 Å². The second kappa shape index (κ2) is 8.90. The van der Waals surface area contributed by atoms with Gasteiger partial charge in [-0.25, -0.2) is 0 Å².